The first kappa shape index (κ1) is 117. The molecule has 0 radical (unpaired) electrons. The van der Waals surface area contributed by atoms with E-state index in [1.807, 2.05) is 185 Å². The number of ether oxygens (including phenoxy) is 5. The molecule has 0 aliphatic heterocycles. The molecule has 2 saturated carbocycles. The van der Waals surface area contributed by atoms with Crippen LogP contribution in [0.15, 0.2) is 334 Å². The first-order valence-electron chi connectivity index (χ1n) is 51.5. The first-order chi connectivity index (χ1) is 71.3. The van der Waals surface area contributed by atoms with Crippen LogP contribution in [0.2, 0.25) is 0 Å². The fourth-order valence-corrected chi connectivity index (χ4v) is 18.8. The lowest BCUT2D eigenvalue weighted by Crippen LogP contribution is -2.39. The largest absolute Gasteiger partial charge is 0.494 e. The number of hydrogen-bond acceptors (Lipinski definition) is 10. The minimum absolute atomic E-state index is 0.00459. The molecule has 2 N–H and O–H groups in total. The van der Waals surface area contributed by atoms with E-state index in [1.165, 1.54) is 66.4 Å². The van der Waals surface area contributed by atoms with Gasteiger partial charge in [-0.25, -0.2) is 4.39 Å². The van der Waals surface area contributed by atoms with Crippen molar-refractivity contribution in [2.75, 3.05) is 26.4 Å². The Morgan fingerprint density at radius 1 is 0.349 bits per heavy atom. The van der Waals surface area contributed by atoms with Crippen LogP contribution in [0.4, 0.5) is 43.9 Å². The number of nitrogens with one attached hydrogen (secondary N) is 1. The van der Waals surface area contributed by atoms with E-state index in [0.29, 0.717) is 73.0 Å². The van der Waals surface area contributed by atoms with Crippen LogP contribution in [0.25, 0.3) is 0 Å². The van der Waals surface area contributed by atoms with Gasteiger partial charge in [0.05, 0.1) is 55.6 Å². The number of rotatable bonds is 36. The number of carbonyl (C=O) groups excluding carboxylic acids is 4. The van der Waals surface area contributed by atoms with Gasteiger partial charge in [0.25, 0.3) is 0 Å². The van der Waals surface area contributed by atoms with Crippen molar-refractivity contribution in [3.63, 3.8) is 0 Å². The Morgan fingerprint density at radius 2 is 0.651 bits per heavy atom. The highest BCUT2D eigenvalue weighted by atomic mass is 19.4. The normalized spacial score (nSPS) is 15.9. The summed E-state index contributed by atoms with van der Waals surface area (Å²) < 4.78 is 161. The van der Waals surface area contributed by atoms with Crippen LogP contribution < -0.4 is 19.5 Å². The molecule has 15 rings (SSSR count). The molecule has 0 saturated heterocycles. The van der Waals surface area contributed by atoms with Gasteiger partial charge < -0.3 is 39.0 Å². The average Bonchev–Trinajstić information content (AvgIpc) is 0.787. The molecule has 2 aliphatic carbocycles. The SMILES string of the molecule is CC(=O)NC1CC(C)CC(CC(=O)OCc2ccc(OCCCN(C(=O)Cc3ccc(F)cc3)C(c3ccc(C)cc3)c3ccc(C(F)(F)F)cc3)cc2)C1.Cc1ccc(C(CCCCOc2ccc(CO)cc2)c2ccc(C(F)(F)F)cc2)cc1.Cc1ccc(C(CCCCOc2ccc(COC(=O)CC3CC(C)CC(C)C3)cc2)c2ccc(C(F)(F)F)cc2)cc1.Cc1ccccc1.Cc1ccccc1.Cc1ccccc1. The summed E-state index contributed by atoms with van der Waals surface area (Å²) in [4.78, 5) is 52.2. The molecular formula is C127H142F10N2O10. The molecule has 2 aliphatic rings. The molecule has 12 nitrogen and oxygen atoms in total. The minimum atomic E-state index is -4.51. The summed E-state index contributed by atoms with van der Waals surface area (Å²) in [7, 11) is 0. The fourth-order valence-electron chi connectivity index (χ4n) is 18.8. The van der Waals surface area contributed by atoms with Crippen molar-refractivity contribution >= 4 is 23.8 Å². The van der Waals surface area contributed by atoms with Gasteiger partial charge in [0, 0.05) is 44.2 Å². The zero-order valence-corrected chi connectivity index (χ0v) is 87.1. The first-order valence-corrected chi connectivity index (χ1v) is 51.5. The summed E-state index contributed by atoms with van der Waals surface area (Å²) in [5, 5.41) is 12.1. The lowest BCUT2D eigenvalue weighted by molar-refractivity contribution is -0.147. The van der Waals surface area contributed by atoms with Crippen molar-refractivity contribution in [3.05, 3.63) is 445 Å². The summed E-state index contributed by atoms with van der Waals surface area (Å²) in [6, 6.07) is 97.7. The van der Waals surface area contributed by atoms with Crippen LogP contribution >= 0.6 is 0 Å². The molecule has 8 unspecified atom stereocenters. The lowest BCUT2D eigenvalue weighted by atomic mass is 9.75. The van der Waals surface area contributed by atoms with E-state index in [0.717, 1.165) is 168 Å². The van der Waals surface area contributed by atoms with Crippen LogP contribution in [-0.2, 0) is 73.4 Å². The van der Waals surface area contributed by atoms with Gasteiger partial charge in [0.2, 0.25) is 11.8 Å². The van der Waals surface area contributed by atoms with Gasteiger partial charge in [-0.1, -0.05) is 303 Å². The number of aryl methyl sites for hydroxylation is 6. The number of hydrogen-bond donors (Lipinski definition) is 2. The molecule has 22 heteroatoms. The number of halogens is 10. The molecule has 2 fully saturated rings. The van der Waals surface area contributed by atoms with Crippen LogP contribution in [-0.4, -0.2) is 66.2 Å². The highest BCUT2D eigenvalue weighted by molar-refractivity contribution is 5.80. The third-order valence-corrected chi connectivity index (χ3v) is 26.4. The number of benzene rings is 13. The number of carbonyl (C=O) groups is 4. The molecule has 0 bridgehead atoms. The summed E-state index contributed by atoms with van der Waals surface area (Å²) in [5.74, 6) is 3.32. The number of aliphatic hydroxyl groups excluding tert-OH is 1. The molecule has 0 aromatic heterocycles. The standard InChI is InChI=1S/C44H48F4N2O5.C36H43F3O3.C26H27F3O2.3C7H8/c1-29-5-11-35(12-6-29)43(36-13-15-37(16-14-36)44(46,47)48)50(41(52)26-32-7-17-38(45)18-8-32)21-4-22-54-40-19-9-33(10-20-40)28-55-42(53)27-34-23-30(2)24-39(25-34)49-31(3)51;1-25-7-11-30(12-8-25)34(31-13-15-32(16-14-31)36(37,38)39)6-4-5-19-41-33-17-9-28(10-18-33)24-42-35(40)23-29-21-26(2)20-27(3)22-29;1-19-5-9-21(10-6-19)25(22-11-13-23(14-12-22)26(27,28)29)4-2-3-17-31-24-15-7-20(18-30)8-16-24;3*1-7-5-3-2-4-6-7/h5-20,30,34,39,43H,4,21-28H2,1-3H3,(H,49,51);7-18,26-27,29,34H,4-6,19-24H2,1-3H3;5-16,25,30H,2-4,17-18H2,1H3;3*2-6H,1H3. The Morgan fingerprint density at radius 3 is 0.980 bits per heavy atom. The molecule has 0 heterocycles. The number of alkyl halides is 9. The predicted octanol–water partition coefficient (Wildman–Crippen LogP) is 31.9. The molecule has 149 heavy (non-hydrogen) atoms. The molecule has 13 aromatic carbocycles. The Balaban J connectivity index is 0.000000212. The van der Waals surface area contributed by atoms with Crippen LogP contribution in [0.5, 0.6) is 17.2 Å². The van der Waals surface area contributed by atoms with Crippen molar-refractivity contribution in [2.24, 2.45) is 29.6 Å². The van der Waals surface area contributed by atoms with Crippen molar-refractivity contribution in [1.82, 2.24) is 10.2 Å². The van der Waals surface area contributed by atoms with Crippen molar-refractivity contribution < 1.29 is 91.9 Å². The Hall–Kier alpha value is -13.6. The third-order valence-electron chi connectivity index (χ3n) is 26.4. The zero-order chi connectivity index (χ0) is 107. The van der Waals surface area contributed by atoms with E-state index < -0.39 is 47.1 Å². The second-order valence-corrected chi connectivity index (χ2v) is 39.5. The van der Waals surface area contributed by atoms with Gasteiger partial charge in [-0.15, -0.1) is 0 Å². The van der Waals surface area contributed by atoms with Gasteiger partial charge in [0.15, 0.2) is 0 Å². The number of amides is 2. The minimum Gasteiger partial charge on any atom is -0.494 e. The highest BCUT2D eigenvalue weighted by Crippen LogP contribution is 2.41. The maximum atomic E-state index is 14.0. The monoisotopic (exact) mass is 2050 g/mol. The maximum Gasteiger partial charge on any atom is 0.416 e. The van der Waals surface area contributed by atoms with E-state index in [4.69, 9.17) is 28.8 Å². The molecule has 0 spiro atoms. The Bertz CT molecular complexity index is 5960. The van der Waals surface area contributed by atoms with E-state index in [9.17, 15) is 63.1 Å². The fraction of sp³-hybridized carbons (Fsp3) is 0.354. The summed E-state index contributed by atoms with van der Waals surface area (Å²) in [6.07, 6.45) is -0.943. The highest BCUT2D eigenvalue weighted by Gasteiger charge is 2.36. The van der Waals surface area contributed by atoms with Crippen molar-refractivity contribution in [3.8, 4) is 17.2 Å². The molecule has 2 amide bonds. The van der Waals surface area contributed by atoms with Crippen LogP contribution in [0.3, 0.4) is 0 Å². The summed E-state index contributed by atoms with van der Waals surface area (Å²) >= 11 is 0. The molecule has 790 valence electrons. The maximum absolute atomic E-state index is 14.0. The van der Waals surface area contributed by atoms with Crippen LogP contribution in [0, 0.1) is 76.9 Å². The lowest BCUT2D eigenvalue weighted by Gasteiger charge is -2.33. The summed E-state index contributed by atoms with van der Waals surface area (Å²) in [6.45, 7) is 22.3. The van der Waals surface area contributed by atoms with Gasteiger partial charge in [-0.3, -0.25) is 19.2 Å². The third kappa shape index (κ3) is 42.5. The van der Waals surface area contributed by atoms with Gasteiger partial charge >= 0.3 is 30.5 Å². The van der Waals surface area contributed by atoms with E-state index in [2.05, 4.69) is 108 Å². The quantitative estimate of drug-likeness (QED) is 0.0221. The smallest absolute Gasteiger partial charge is 0.416 e. The second kappa shape index (κ2) is 60.2. The number of aliphatic hydroxyl groups is 1. The molecule has 8 atom stereocenters. The average molecular weight is 2050 g/mol. The Labute approximate surface area is 873 Å². The van der Waals surface area contributed by atoms with Gasteiger partial charge in [-0.2, -0.15) is 39.5 Å². The van der Waals surface area contributed by atoms with E-state index in [1.54, 1.807) is 53.4 Å². The van der Waals surface area contributed by atoms with Crippen LogP contribution in [0.1, 0.15) is 248 Å². The number of nitrogens with zero attached hydrogens (tertiary/aromatic N) is 1. The van der Waals surface area contributed by atoms with E-state index in [-0.39, 0.29) is 86.9 Å². The van der Waals surface area contributed by atoms with Crippen molar-refractivity contribution in [2.45, 2.75) is 234 Å². The van der Waals surface area contributed by atoms with Gasteiger partial charge in [-0.05, 0) is 295 Å². The number of unbranched alkanes of at least 4 members (excludes halogenated alkanes) is 2. The van der Waals surface area contributed by atoms with Crippen molar-refractivity contribution in [1.29, 1.82) is 0 Å². The Kier molecular flexibility index (Phi) is 47.4. The van der Waals surface area contributed by atoms with Gasteiger partial charge in [0.1, 0.15) is 36.3 Å². The molecular weight excluding hydrogens is 1900 g/mol. The predicted molar refractivity (Wildman–Crippen MR) is 571 cm³/mol. The summed E-state index contributed by atoms with van der Waals surface area (Å²) in [5.41, 5.74) is 13.6. The number of esters is 2. The van der Waals surface area contributed by atoms with E-state index >= 15 is 0 Å². The topological polar surface area (TPSA) is 150 Å². The molecule has 13 aromatic rings. The second-order valence-electron chi connectivity index (χ2n) is 39.5. The zero-order valence-electron chi connectivity index (χ0n) is 87.1.